The summed E-state index contributed by atoms with van der Waals surface area (Å²) in [5.41, 5.74) is 0. The summed E-state index contributed by atoms with van der Waals surface area (Å²) < 4.78 is 30.4. The molecule has 8 heteroatoms. The molecule has 0 saturated carbocycles. The average Bonchev–Trinajstić information content (AvgIpc) is 2.90. The lowest BCUT2D eigenvalue weighted by Gasteiger charge is -2.23. The van der Waals surface area contributed by atoms with Crippen LogP contribution in [0.2, 0.25) is 0 Å². The van der Waals surface area contributed by atoms with Crippen LogP contribution in [0.25, 0.3) is 0 Å². The summed E-state index contributed by atoms with van der Waals surface area (Å²) in [6.07, 6.45) is 4.94. The van der Waals surface area contributed by atoms with E-state index in [1.807, 2.05) is 13.8 Å². The molecule has 1 aliphatic rings. The van der Waals surface area contributed by atoms with Gasteiger partial charge in [-0.1, -0.05) is 0 Å². The summed E-state index contributed by atoms with van der Waals surface area (Å²) in [5.74, 6) is 1.18. The number of nitrogens with zero attached hydrogens (tertiary/aromatic N) is 4. The van der Waals surface area contributed by atoms with Crippen molar-refractivity contribution in [2.75, 3.05) is 37.3 Å². The number of anilines is 1. The van der Waals surface area contributed by atoms with E-state index < -0.39 is 10.0 Å². The van der Waals surface area contributed by atoms with Crippen LogP contribution in [0.3, 0.4) is 0 Å². The SMILES string of the molecule is CCN(CC)c1nccnc1OC1CCN(S(C)(=O)=O)C1. The van der Waals surface area contributed by atoms with Gasteiger partial charge in [-0.3, -0.25) is 0 Å². The molecule has 1 atom stereocenters. The molecule has 0 aromatic carbocycles. The highest BCUT2D eigenvalue weighted by molar-refractivity contribution is 7.88. The second kappa shape index (κ2) is 6.57. The zero-order valence-corrected chi connectivity index (χ0v) is 13.5. The smallest absolute Gasteiger partial charge is 0.257 e. The van der Waals surface area contributed by atoms with Crippen LogP contribution in [0, 0.1) is 0 Å². The van der Waals surface area contributed by atoms with Crippen molar-refractivity contribution in [1.82, 2.24) is 14.3 Å². The van der Waals surface area contributed by atoms with Crippen LogP contribution < -0.4 is 9.64 Å². The van der Waals surface area contributed by atoms with Gasteiger partial charge in [0.2, 0.25) is 10.0 Å². The molecule has 0 radical (unpaired) electrons. The molecule has 118 valence electrons. The molecule has 0 aliphatic carbocycles. The Morgan fingerprint density at radius 3 is 2.57 bits per heavy atom. The summed E-state index contributed by atoms with van der Waals surface area (Å²) in [6, 6.07) is 0. The molecule has 1 saturated heterocycles. The van der Waals surface area contributed by atoms with Crippen molar-refractivity contribution in [2.45, 2.75) is 26.4 Å². The largest absolute Gasteiger partial charge is 0.470 e. The van der Waals surface area contributed by atoms with Crippen molar-refractivity contribution in [3.63, 3.8) is 0 Å². The predicted molar refractivity (Wildman–Crippen MR) is 81.0 cm³/mol. The van der Waals surface area contributed by atoms with Crippen molar-refractivity contribution in [3.8, 4) is 5.88 Å². The van der Waals surface area contributed by atoms with Crippen LogP contribution in [0.1, 0.15) is 20.3 Å². The Labute approximate surface area is 126 Å². The summed E-state index contributed by atoms with van der Waals surface area (Å²) in [5, 5.41) is 0. The van der Waals surface area contributed by atoms with Crippen LogP contribution >= 0.6 is 0 Å². The van der Waals surface area contributed by atoms with Gasteiger partial charge in [-0.05, 0) is 20.3 Å². The molecule has 2 heterocycles. The average molecular weight is 314 g/mol. The topological polar surface area (TPSA) is 75.6 Å². The van der Waals surface area contributed by atoms with Crippen LogP contribution in [-0.2, 0) is 10.0 Å². The third-order valence-corrected chi connectivity index (χ3v) is 4.83. The van der Waals surface area contributed by atoms with Gasteiger partial charge in [0.15, 0.2) is 5.82 Å². The normalized spacial score (nSPS) is 19.7. The Hall–Kier alpha value is -1.41. The first kappa shape index (κ1) is 16.0. The second-order valence-electron chi connectivity index (χ2n) is 5.01. The van der Waals surface area contributed by atoms with Crippen LogP contribution in [0.5, 0.6) is 5.88 Å². The molecule has 0 bridgehead atoms. The molecule has 1 aromatic rings. The Morgan fingerprint density at radius 1 is 1.33 bits per heavy atom. The molecule has 1 unspecified atom stereocenters. The van der Waals surface area contributed by atoms with E-state index in [1.165, 1.54) is 10.6 Å². The molecule has 0 amide bonds. The van der Waals surface area contributed by atoms with E-state index in [1.54, 1.807) is 12.4 Å². The minimum absolute atomic E-state index is 0.175. The van der Waals surface area contributed by atoms with Crippen molar-refractivity contribution < 1.29 is 13.2 Å². The van der Waals surface area contributed by atoms with Gasteiger partial charge in [0.05, 0.1) is 12.8 Å². The molecular formula is C13H22N4O3S. The van der Waals surface area contributed by atoms with E-state index in [4.69, 9.17) is 4.74 Å². The number of ether oxygens (including phenoxy) is 1. The Morgan fingerprint density at radius 2 is 2.00 bits per heavy atom. The highest BCUT2D eigenvalue weighted by Crippen LogP contribution is 2.26. The molecule has 1 aliphatic heterocycles. The maximum atomic E-state index is 11.5. The number of rotatable bonds is 6. The molecule has 7 nitrogen and oxygen atoms in total. The van der Waals surface area contributed by atoms with Gasteiger partial charge in [0.25, 0.3) is 5.88 Å². The fraction of sp³-hybridized carbons (Fsp3) is 0.692. The molecule has 0 spiro atoms. The second-order valence-corrected chi connectivity index (χ2v) is 6.99. The number of hydrogen-bond acceptors (Lipinski definition) is 6. The molecule has 1 aromatic heterocycles. The first-order valence-corrected chi connectivity index (χ1v) is 8.98. The van der Waals surface area contributed by atoms with E-state index >= 15 is 0 Å². The van der Waals surface area contributed by atoms with E-state index in [0.717, 1.165) is 13.1 Å². The van der Waals surface area contributed by atoms with Crippen LogP contribution in [0.4, 0.5) is 5.82 Å². The van der Waals surface area contributed by atoms with Gasteiger partial charge >= 0.3 is 0 Å². The lowest BCUT2D eigenvalue weighted by molar-refractivity contribution is 0.206. The van der Waals surface area contributed by atoms with Gasteiger partial charge in [0.1, 0.15) is 6.10 Å². The standard InChI is InChI=1S/C13H22N4O3S/c1-4-16(5-2)12-13(15-8-7-14-12)20-11-6-9-17(10-11)21(3,18)19/h7-8,11H,4-6,9-10H2,1-3H3. The maximum absolute atomic E-state index is 11.5. The summed E-state index contributed by atoms with van der Waals surface area (Å²) >= 11 is 0. The molecule has 2 rings (SSSR count). The van der Waals surface area contributed by atoms with Crippen molar-refractivity contribution in [1.29, 1.82) is 0 Å². The van der Waals surface area contributed by atoms with E-state index in [9.17, 15) is 8.42 Å². The van der Waals surface area contributed by atoms with Gasteiger partial charge in [-0.25, -0.2) is 18.4 Å². The number of aromatic nitrogens is 2. The zero-order valence-electron chi connectivity index (χ0n) is 12.7. The van der Waals surface area contributed by atoms with Gasteiger partial charge < -0.3 is 9.64 Å². The van der Waals surface area contributed by atoms with Crippen LogP contribution in [-0.4, -0.2) is 61.2 Å². The van der Waals surface area contributed by atoms with Crippen molar-refractivity contribution in [2.24, 2.45) is 0 Å². The van der Waals surface area contributed by atoms with Gasteiger partial charge in [0, 0.05) is 32.0 Å². The number of hydrogen-bond donors (Lipinski definition) is 0. The summed E-state index contributed by atoms with van der Waals surface area (Å²) in [4.78, 5) is 10.7. The molecule has 0 N–H and O–H groups in total. The van der Waals surface area contributed by atoms with E-state index in [0.29, 0.717) is 31.2 Å². The maximum Gasteiger partial charge on any atom is 0.257 e. The van der Waals surface area contributed by atoms with Crippen molar-refractivity contribution >= 4 is 15.8 Å². The molecule has 1 fully saturated rings. The highest BCUT2D eigenvalue weighted by atomic mass is 32.2. The lowest BCUT2D eigenvalue weighted by Crippen LogP contribution is -2.30. The molecular weight excluding hydrogens is 292 g/mol. The van der Waals surface area contributed by atoms with E-state index in [-0.39, 0.29) is 6.10 Å². The first-order chi connectivity index (χ1) is 9.95. The monoisotopic (exact) mass is 314 g/mol. The van der Waals surface area contributed by atoms with E-state index in [2.05, 4.69) is 14.9 Å². The summed E-state index contributed by atoms with van der Waals surface area (Å²) in [6.45, 7) is 6.57. The Kier molecular flexibility index (Phi) is 5.00. The fourth-order valence-electron chi connectivity index (χ4n) is 2.39. The summed E-state index contributed by atoms with van der Waals surface area (Å²) in [7, 11) is -3.16. The Bertz CT molecular complexity index is 575. The lowest BCUT2D eigenvalue weighted by atomic mass is 10.3. The van der Waals surface area contributed by atoms with Crippen molar-refractivity contribution in [3.05, 3.63) is 12.4 Å². The minimum atomic E-state index is -3.16. The van der Waals surface area contributed by atoms with Gasteiger partial charge in [-0.15, -0.1) is 0 Å². The quantitative estimate of drug-likeness (QED) is 0.771. The van der Waals surface area contributed by atoms with Gasteiger partial charge in [-0.2, -0.15) is 4.31 Å². The first-order valence-electron chi connectivity index (χ1n) is 7.13. The van der Waals surface area contributed by atoms with Crippen LogP contribution in [0.15, 0.2) is 12.4 Å². The third-order valence-electron chi connectivity index (χ3n) is 3.56. The zero-order chi connectivity index (χ0) is 15.5. The number of sulfonamides is 1. The predicted octanol–water partition coefficient (Wildman–Crippen LogP) is 0.736. The fourth-order valence-corrected chi connectivity index (χ4v) is 3.27. The third kappa shape index (κ3) is 3.82. The minimum Gasteiger partial charge on any atom is -0.470 e. The Balaban J connectivity index is 2.11. The highest BCUT2D eigenvalue weighted by Gasteiger charge is 2.31. The molecule has 21 heavy (non-hydrogen) atoms.